The molecule has 0 fully saturated rings. The normalized spacial score (nSPS) is 7.60. The zero-order chi connectivity index (χ0) is 8.15. The Morgan fingerprint density at radius 3 is 2.50 bits per heavy atom. The summed E-state index contributed by atoms with van der Waals surface area (Å²) in [6.07, 6.45) is 0.914. The van der Waals surface area contributed by atoms with Crippen LogP contribution in [0, 0.1) is 21.6 Å². The average Bonchev–Trinajstić information content (AvgIpc) is 1.88. The third-order valence-electron chi connectivity index (χ3n) is 0.546. The summed E-state index contributed by atoms with van der Waals surface area (Å²) in [5.41, 5.74) is 0.920. The highest BCUT2D eigenvalue weighted by atomic mass is 16.7. The highest BCUT2D eigenvalue weighted by Crippen LogP contribution is 1.84. The molecule has 54 valence electrons. The van der Waals surface area contributed by atoms with Gasteiger partial charge in [-0.15, -0.1) is 0 Å². The fourth-order valence-corrected chi connectivity index (χ4v) is 0.203. The van der Waals surface area contributed by atoms with E-state index in [1.165, 1.54) is 0 Å². The predicted molar refractivity (Wildman–Crippen MR) is 24.8 cm³/mol. The maximum Gasteiger partial charge on any atom is 0.416 e. The Morgan fingerprint density at radius 1 is 1.90 bits per heavy atom. The zero-order valence-corrected chi connectivity index (χ0v) is 4.51. The fourth-order valence-electron chi connectivity index (χ4n) is 0.203. The highest BCUT2D eigenvalue weighted by molar-refractivity contribution is 5.72. The van der Waals surface area contributed by atoms with Gasteiger partial charge in [0.2, 0.25) is 0 Å². The van der Waals surface area contributed by atoms with E-state index >= 15 is 0 Å². The molecule has 0 aromatic heterocycles. The van der Waals surface area contributed by atoms with Crippen molar-refractivity contribution in [3.63, 3.8) is 0 Å². The van der Waals surface area contributed by atoms with Crippen molar-refractivity contribution in [1.29, 1.82) is 5.26 Å². The minimum Gasteiger partial charge on any atom is -0.287 e. The first-order chi connectivity index (χ1) is 4.63. The van der Waals surface area contributed by atoms with E-state index in [2.05, 4.69) is 0 Å². The van der Waals surface area contributed by atoms with Crippen LogP contribution < -0.4 is 5.48 Å². The van der Waals surface area contributed by atoms with Crippen LogP contribution in [0.4, 0.5) is 4.79 Å². The number of rotatable bonds is 1. The summed E-state index contributed by atoms with van der Waals surface area (Å²) in [7, 11) is 0. The summed E-state index contributed by atoms with van der Waals surface area (Å²) >= 11 is 0. The summed E-state index contributed by atoms with van der Waals surface area (Å²) in [5, 5.41) is 23.6. The maximum atomic E-state index is 10.1. The van der Waals surface area contributed by atoms with Crippen LogP contribution in [-0.4, -0.2) is 21.3 Å². The van der Waals surface area contributed by atoms with Gasteiger partial charge >= 0.3 is 6.03 Å². The lowest BCUT2D eigenvalue weighted by molar-refractivity contribution is -0.614. The number of hydrogen-bond acceptors (Lipinski definition) is 5. The number of nitro groups is 1. The van der Waals surface area contributed by atoms with Crippen molar-refractivity contribution in [3.8, 4) is 6.19 Å². The molecule has 2 N–H and O–H groups in total. The lowest BCUT2D eigenvalue weighted by Gasteiger charge is -1.98. The molecule has 0 spiro atoms. The molecule has 0 heterocycles. The number of hydroxylamine groups is 1. The van der Waals surface area contributed by atoms with Gasteiger partial charge in [0.05, 0.1) is 5.01 Å². The van der Waals surface area contributed by atoms with Crippen molar-refractivity contribution in [3.05, 3.63) is 10.1 Å². The van der Waals surface area contributed by atoms with Gasteiger partial charge in [-0.05, 0) is 0 Å². The second-order valence-electron chi connectivity index (χ2n) is 1.07. The summed E-state index contributed by atoms with van der Waals surface area (Å²) in [6.45, 7) is 0. The SMILES string of the molecule is N#CN(C(=O)NO)[N+](=O)[O-]. The van der Waals surface area contributed by atoms with Crippen molar-refractivity contribution in [2.45, 2.75) is 0 Å². The van der Waals surface area contributed by atoms with E-state index in [-0.39, 0.29) is 0 Å². The monoisotopic (exact) mass is 146 g/mol. The summed E-state index contributed by atoms with van der Waals surface area (Å²) < 4.78 is 0. The van der Waals surface area contributed by atoms with Gasteiger partial charge < -0.3 is 0 Å². The Hall–Kier alpha value is -1.88. The van der Waals surface area contributed by atoms with Crippen molar-refractivity contribution >= 4 is 6.03 Å². The molecule has 0 radical (unpaired) electrons. The van der Waals surface area contributed by atoms with E-state index in [0.29, 0.717) is 0 Å². The molecule has 0 aliphatic rings. The minimum absolute atomic E-state index is 0.458. The van der Waals surface area contributed by atoms with Crippen molar-refractivity contribution in [2.24, 2.45) is 0 Å². The first-order valence-corrected chi connectivity index (χ1v) is 1.91. The lowest BCUT2D eigenvalue weighted by Crippen LogP contribution is -2.38. The molecule has 0 rings (SSSR count). The van der Waals surface area contributed by atoms with Crippen LogP contribution >= 0.6 is 0 Å². The molecule has 10 heavy (non-hydrogen) atoms. The van der Waals surface area contributed by atoms with Crippen LogP contribution in [0.15, 0.2) is 0 Å². The summed E-state index contributed by atoms with van der Waals surface area (Å²) in [5.74, 6) is 0. The Kier molecular flexibility index (Phi) is 2.60. The molecule has 0 atom stereocenters. The molecule has 0 saturated heterocycles. The molecule has 8 nitrogen and oxygen atoms in total. The first kappa shape index (κ1) is 8.12. The largest absolute Gasteiger partial charge is 0.416 e. The molecule has 0 aliphatic heterocycles. The second-order valence-corrected chi connectivity index (χ2v) is 1.07. The number of hydrogen-bond donors (Lipinski definition) is 2. The number of nitrogens with zero attached hydrogens (tertiary/aromatic N) is 3. The lowest BCUT2D eigenvalue weighted by atomic mass is 11.0. The van der Waals surface area contributed by atoms with E-state index in [0.717, 1.165) is 11.7 Å². The van der Waals surface area contributed by atoms with E-state index < -0.39 is 16.1 Å². The second kappa shape index (κ2) is 3.21. The van der Waals surface area contributed by atoms with Crippen LogP contribution in [0.2, 0.25) is 0 Å². The minimum atomic E-state index is -1.51. The van der Waals surface area contributed by atoms with E-state index in [9.17, 15) is 14.9 Å². The van der Waals surface area contributed by atoms with Crippen LogP contribution in [0.3, 0.4) is 0 Å². The molecule has 0 bridgehead atoms. The van der Waals surface area contributed by atoms with Crippen molar-refractivity contribution in [1.82, 2.24) is 10.5 Å². The predicted octanol–water partition coefficient (Wildman–Crippen LogP) is -0.940. The molecule has 0 aliphatic carbocycles. The standard InChI is InChI=1S/C2H2N4O4/c3-1-5(6(9)10)2(7)4-8/h8H,(H,4,7). The number of nitriles is 1. The quantitative estimate of drug-likeness (QED) is 0.162. The van der Waals surface area contributed by atoms with Gasteiger partial charge in [0, 0.05) is 0 Å². The zero-order valence-electron chi connectivity index (χ0n) is 4.51. The van der Waals surface area contributed by atoms with E-state index in [1.807, 2.05) is 0 Å². The number of urea groups is 1. The maximum absolute atomic E-state index is 10.1. The van der Waals surface area contributed by atoms with Gasteiger partial charge in [-0.1, -0.05) is 0 Å². The van der Waals surface area contributed by atoms with Crippen LogP contribution in [0.25, 0.3) is 0 Å². The molecular weight excluding hydrogens is 144 g/mol. The Labute approximate surface area is 54.3 Å². The summed E-state index contributed by atoms with van der Waals surface area (Å²) in [4.78, 5) is 19.8. The molecule has 8 heteroatoms. The summed E-state index contributed by atoms with van der Waals surface area (Å²) in [6, 6.07) is -1.51. The van der Waals surface area contributed by atoms with E-state index in [1.54, 1.807) is 0 Å². The van der Waals surface area contributed by atoms with Crippen LogP contribution in [0.1, 0.15) is 0 Å². The van der Waals surface area contributed by atoms with Gasteiger partial charge in [-0.25, -0.2) is 20.4 Å². The molecule has 0 unspecified atom stereocenters. The fraction of sp³-hybridized carbons (Fsp3) is 0. The topological polar surface area (TPSA) is 120 Å². The number of hydrazine groups is 1. The molecule has 0 aromatic carbocycles. The van der Waals surface area contributed by atoms with Gasteiger partial charge in [-0.3, -0.25) is 5.21 Å². The molecule has 0 saturated carbocycles. The Bertz CT molecular complexity index is 194. The van der Waals surface area contributed by atoms with Gasteiger partial charge in [-0.2, -0.15) is 5.26 Å². The average molecular weight is 146 g/mol. The Morgan fingerprint density at radius 2 is 2.40 bits per heavy atom. The molecule has 0 aromatic rings. The number of nitrogens with one attached hydrogen (secondary N) is 1. The van der Waals surface area contributed by atoms with Crippen LogP contribution in [-0.2, 0) is 0 Å². The number of carbonyl (C=O) groups is 1. The van der Waals surface area contributed by atoms with Gasteiger partial charge in [0.15, 0.2) is 5.03 Å². The third kappa shape index (κ3) is 1.57. The number of amides is 2. The van der Waals surface area contributed by atoms with Crippen molar-refractivity contribution < 1.29 is 15.0 Å². The van der Waals surface area contributed by atoms with Crippen LogP contribution in [0.5, 0.6) is 0 Å². The third-order valence-corrected chi connectivity index (χ3v) is 0.546. The first-order valence-electron chi connectivity index (χ1n) is 1.91. The molecule has 2 amide bonds. The van der Waals surface area contributed by atoms with Gasteiger partial charge in [0.25, 0.3) is 6.19 Å². The highest BCUT2D eigenvalue weighted by Gasteiger charge is 2.22. The number of carbonyl (C=O) groups excluding carboxylic acids is 1. The Balaban J connectivity index is 4.25. The van der Waals surface area contributed by atoms with E-state index in [4.69, 9.17) is 10.5 Å². The smallest absolute Gasteiger partial charge is 0.287 e. The van der Waals surface area contributed by atoms with Gasteiger partial charge in [0.1, 0.15) is 0 Å². The molecular formula is C2H2N4O4. The van der Waals surface area contributed by atoms with Crippen molar-refractivity contribution in [2.75, 3.05) is 0 Å².